The summed E-state index contributed by atoms with van der Waals surface area (Å²) in [6.07, 6.45) is 1.20. The van der Waals surface area contributed by atoms with Crippen LogP contribution >= 0.6 is 0 Å². The molecule has 2 atom stereocenters. The monoisotopic (exact) mass is 359 g/mol. The molecular formula is C18H21N3O5. The van der Waals surface area contributed by atoms with Crippen LogP contribution < -0.4 is 10.5 Å². The number of nitriles is 1. The molecule has 0 aromatic heterocycles. The van der Waals surface area contributed by atoms with E-state index in [4.69, 9.17) is 20.5 Å². The average Bonchev–Trinajstić information content (AvgIpc) is 2.66. The van der Waals surface area contributed by atoms with Crippen molar-refractivity contribution >= 4 is 17.8 Å². The van der Waals surface area contributed by atoms with Gasteiger partial charge >= 0.3 is 5.97 Å². The molecule has 0 unspecified atom stereocenters. The van der Waals surface area contributed by atoms with Crippen molar-refractivity contribution in [3.63, 3.8) is 0 Å². The lowest BCUT2D eigenvalue weighted by Crippen LogP contribution is -2.51. The number of nitrogens with two attached hydrogens (primary N) is 1. The van der Waals surface area contributed by atoms with Gasteiger partial charge in [-0.1, -0.05) is 0 Å². The highest BCUT2D eigenvalue weighted by atomic mass is 16.6. The lowest BCUT2D eigenvalue weighted by Gasteiger charge is -2.33. The lowest BCUT2D eigenvalue weighted by molar-refractivity contribution is -0.159. The van der Waals surface area contributed by atoms with Crippen LogP contribution in [-0.4, -0.2) is 48.0 Å². The fraction of sp³-hybridized carbons (Fsp3) is 0.444. The summed E-state index contributed by atoms with van der Waals surface area (Å²) in [6, 6.07) is 7.60. The van der Waals surface area contributed by atoms with E-state index in [0.717, 1.165) is 12.8 Å². The number of hydrogen-bond acceptors (Lipinski definition) is 6. The number of rotatable bonds is 6. The highest BCUT2D eigenvalue weighted by molar-refractivity contribution is 5.88. The summed E-state index contributed by atoms with van der Waals surface area (Å²) < 4.78 is 10.4. The van der Waals surface area contributed by atoms with E-state index < -0.39 is 36.5 Å². The Balaban J connectivity index is 1.85. The molecule has 0 bridgehead atoms. The van der Waals surface area contributed by atoms with Crippen molar-refractivity contribution in [3.8, 4) is 11.8 Å². The summed E-state index contributed by atoms with van der Waals surface area (Å²) in [4.78, 5) is 37.1. The first-order valence-corrected chi connectivity index (χ1v) is 8.34. The van der Waals surface area contributed by atoms with Gasteiger partial charge in [0, 0.05) is 6.54 Å². The van der Waals surface area contributed by atoms with E-state index in [-0.39, 0.29) is 0 Å². The Labute approximate surface area is 151 Å². The van der Waals surface area contributed by atoms with Gasteiger partial charge in [-0.05, 0) is 50.5 Å². The second-order valence-electron chi connectivity index (χ2n) is 6.01. The van der Waals surface area contributed by atoms with Gasteiger partial charge < -0.3 is 20.1 Å². The molecule has 2 amide bonds. The van der Waals surface area contributed by atoms with E-state index in [1.807, 2.05) is 6.07 Å². The number of primary amides is 1. The molecule has 2 N–H and O–H groups in total. The Hall–Kier alpha value is -3.08. The molecule has 1 aromatic rings. The number of likely N-dealkylation sites (tertiary alicyclic amines) is 1. The summed E-state index contributed by atoms with van der Waals surface area (Å²) in [5.41, 5.74) is 5.80. The first kappa shape index (κ1) is 19.2. The lowest BCUT2D eigenvalue weighted by atomic mass is 10.0. The Bertz CT molecular complexity index is 711. The van der Waals surface area contributed by atoms with Crippen molar-refractivity contribution in [2.45, 2.75) is 38.3 Å². The number of carbonyl (C=O) groups excluding carboxylic acids is 3. The van der Waals surface area contributed by atoms with Crippen LogP contribution in [0.15, 0.2) is 24.3 Å². The van der Waals surface area contributed by atoms with E-state index in [1.54, 1.807) is 24.3 Å². The zero-order valence-electron chi connectivity index (χ0n) is 14.5. The topological polar surface area (TPSA) is 123 Å². The number of carbonyl (C=O) groups is 3. The summed E-state index contributed by atoms with van der Waals surface area (Å²) in [6.45, 7) is 1.45. The van der Waals surface area contributed by atoms with Crippen LogP contribution in [0, 0.1) is 11.3 Å². The number of piperidine rings is 1. The third-order valence-corrected chi connectivity index (χ3v) is 4.12. The fourth-order valence-electron chi connectivity index (χ4n) is 2.72. The smallest absolute Gasteiger partial charge is 0.347 e. The summed E-state index contributed by atoms with van der Waals surface area (Å²) in [5, 5.41) is 8.75. The van der Waals surface area contributed by atoms with E-state index in [9.17, 15) is 14.4 Å². The third-order valence-electron chi connectivity index (χ3n) is 4.12. The molecule has 1 aliphatic rings. The summed E-state index contributed by atoms with van der Waals surface area (Å²) >= 11 is 0. The van der Waals surface area contributed by atoms with Gasteiger partial charge in [-0.15, -0.1) is 0 Å². The minimum atomic E-state index is -0.927. The van der Waals surface area contributed by atoms with Gasteiger partial charge in [-0.2, -0.15) is 5.26 Å². The molecule has 8 heteroatoms. The van der Waals surface area contributed by atoms with Crippen LogP contribution in [0.2, 0.25) is 0 Å². The zero-order valence-corrected chi connectivity index (χ0v) is 14.5. The molecule has 138 valence electrons. The third kappa shape index (κ3) is 4.96. The molecule has 8 nitrogen and oxygen atoms in total. The van der Waals surface area contributed by atoms with Crippen LogP contribution in [0.1, 0.15) is 31.7 Å². The first-order chi connectivity index (χ1) is 12.4. The first-order valence-electron chi connectivity index (χ1n) is 8.34. The molecule has 26 heavy (non-hydrogen) atoms. The quantitative estimate of drug-likeness (QED) is 0.747. The SMILES string of the molecule is C[C@H](Oc1ccc(C#N)cc1)C(=O)OCC(=O)N1CCCC[C@@H]1C(N)=O. The molecule has 2 rings (SSSR count). The Morgan fingerprint density at radius 3 is 2.62 bits per heavy atom. The molecule has 0 radical (unpaired) electrons. The van der Waals surface area contributed by atoms with Crippen molar-refractivity contribution in [2.24, 2.45) is 5.73 Å². The van der Waals surface area contributed by atoms with Crippen molar-refractivity contribution in [3.05, 3.63) is 29.8 Å². The Kier molecular flexibility index (Phi) is 6.55. The molecule has 1 heterocycles. The number of benzene rings is 1. The molecule has 1 fully saturated rings. The molecule has 1 saturated heterocycles. The van der Waals surface area contributed by atoms with Gasteiger partial charge in [0.2, 0.25) is 5.91 Å². The van der Waals surface area contributed by atoms with Gasteiger partial charge in [-0.25, -0.2) is 4.79 Å². The van der Waals surface area contributed by atoms with Crippen LogP contribution in [0.4, 0.5) is 0 Å². The van der Waals surface area contributed by atoms with Gasteiger partial charge in [0.05, 0.1) is 11.6 Å². The molecule has 1 aromatic carbocycles. The molecule has 1 aliphatic heterocycles. The standard InChI is InChI=1S/C18H21N3O5/c1-12(26-14-7-5-13(10-19)6-8-14)18(24)25-11-16(22)21-9-3-2-4-15(21)17(20)23/h5-8,12,15H,2-4,9,11H2,1H3,(H2,20,23)/t12-,15+/m0/s1. The number of ether oxygens (including phenoxy) is 2. The largest absolute Gasteiger partial charge is 0.479 e. The van der Waals surface area contributed by atoms with Crippen molar-refractivity contribution in [1.29, 1.82) is 5.26 Å². The van der Waals surface area contributed by atoms with Crippen LogP contribution in [0.5, 0.6) is 5.75 Å². The number of hydrogen-bond donors (Lipinski definition) is 1. The molecule has 0 aliphatic carbocycles. The van der Waals surface area contributed by atoms with Crippen molar-refractivity contribution in [1.82, 2.24) is 4.90 Å². The van der Waals surface area contributed by atoms with E-state index >= 15 is 0 Å². The van der Waals surface area contributed by atoms with E-state index in [2.05, 4.69) is 0 Å². The summed E-state index contributed by atoms with van der Waals surface area (Å²) in [5.74, 6) is -1.30. The summed E-state index contributed by atoms with van der Waals surface area (Å²) in [7, 11) is 0. The van der Waals surface area contributed by atoms with E-state index in [1.165, 1.54) is 11.8 Å². The normalized spacial score (nSPS) is 17.7. The second-order valence-corrected chi connectivity index (χ2v) is 6.01. The maximum Gasteiger partial charge on any atom is 0.347 e. The van der Waals surface area contributed by atoms with Crippen molar-refractivity contribution in [2.75, 3.05) is 13.2 Å². The van der Waals surface area contributed by atoms with Gasteiger partial charge in [0.25, 0.3) is 5.91 Å². The van der Waals surface area contributed by atoms with Crippen LogP contribution in [0.3, 0.4) is 0 Å². The highest BCUT2D eigenvalue weighted by Gasteiger charge is 2.31. The van der Waals surface area contributed by atoms with Gasteiger partial charge in [-0.3, -0.25) is 9.59 Å². The zero-order chi connectivity index (χ0) is 19.1. The minimum absolute atomic E-state index is 0.407. The minimum Gasteiger partial charge on any atom is -0.479 e. The molecule has 0 spiro atoms. The van der Waals surface area contributed by atoms with Gasteiger partial charge in [0.1, 0.15) is 11.8 Å². The van der Waals surface area contributed by atoms with E-state index in [0.29, 0.717) is 24.3 Å². The maximum absolute atomic E-state index is 12.2. The fourth-order valence-corrected chi connectivity index (χ4v) is 2.72. The molecule has 0 saturated carbocycles. The van der Waals surface area contributed by atoms with Crippen LogP contribution in [0.25, 0.3) is 0 Å². The van der Waals surface area contributed by atoms with Gasteiger partial charge in [0.15, 0.2) is 12.7 Å². The number of esters is 1. The number of amides is 2. The Morgan fingerprint density at radius 1 is 1.31 bits per heavy atom. The highest BCUT2D eigenvalue weighted by Crippen LogP contribution is 2.17. The predicted octanol–water partition coefficient (Wildman–Crippen LogP) is 0.735. The van der Waals surface area contributed by atoms with Crippen LogP contribution in [-0.2, 0) is 19.1 Å². The second kappa shape index (κ2) is 8.85. The number of nitrogens with zero attached hydrogens (tertiary/aromatic N) is 2. The Morgan fingerprint density at radius 2 is 2.00 bits per heavy atom. The van der Waals surface area contributed by atoms with Crippen molar-refractivity contribution < 1.29 is 23.9 Å². The molecular weight excluding hydrogens is 338 g/mol. The predicted molar refractivity (Wildman–Crippen MR) is 90.8 cm³/mol. The average molecular weight is 359 g/mol. The maximum atomic E-state index is 12.2.